The molecule has 0 saturated heterocycles. The van der Waals surface area contributed by atoms with E-state index in [1.54, 1.807) is 0 Å². The molecule has 3 aliphatic rings. The Balaban J connectivity index is 1.99. The van der Waals surface area contributed by atoms with Crippen molar-refractivity contribution in [3.63, 3.8) is 0 Å². The summed E-state index contributed by atoms with van der Waals surface area (Å²) in [4.78, 5) is 0. The van der Waals surface area contributed by atoms with Gasteiger partial charge in [0.2, 0.25) is 0 Å². The molecule has 1 heterocycles. The second-order valence-electron chi connectivity index (χ2n) is 4.43. The van der Waals surface area contributed by atoms with Crippen LogP contribution in [0.2, 0.25) is 0 Å². The molecule has 1 aliphatic heterocycles. The van der Waals surface area contributed by atoms with Crippen molar-refractivity contribution in [2.24, 2.45) is 28.0 Å². The summed E-state index contributed by atoms with van der Waals surface area (Å²) in [6.07, 6.45) is 4.61. The summed E-state index contributed by atoms with van der Waals surface area (Å²) in [7, 11) is 0. The number of hydrogen-bond donors (Lipinski definition) is 0. The van der Waals surface area contributed by atoms with Gasteiger partial charge in [-0.15, -0.1) is 0 Å². The molecule has 0 bridgehead atoms. The minimum Gasteiger partial charge on any atom is -0.189 e. The molecule has 0 radical (unpaired) electrons. The smallest absolute Gasteiger partial charge is 0.0834 e. The van der Waals surface area contributed by atoms with Crippen LogP contribution in [0.5, 0.6) is 0 Å². The molecule has 0 aromatic carbocycles. The maximum atomic E-state index is 4.32. The monoisotopic (exact) mass is 148 g/mol. The number of azo groups is 1. The van der Waals surface area contributed by atoms with Gasteiger partial charge in [0.25, 0.3) is 0 Å². The molecule has 2 heteroatoms. The van der Waals surface area contributed by atoms with Crippen LogP contribution >= 0.6 is 0 Å². The number of allylic oxidation sites excluding steroid dienone is 1. The van der Waals surface area contributed by atoms with E-state index in [4.69, 9.17) is 0 Å². The maximum Gasteiger partial charge on any atom is 0.0834 e. The lowest BCUT2D eigenvalue weighted by molar-refractivity contribution is 0.0626. The van der Waals surface area contributed by atoms with Crippen molar-refractivity contribution in [1.29, 1.82) is 0 Å². The van der Waals surface area contributed by atoms with Crippen LogP contribution in [0.15, 0.2) is 22.4 Å². The van der Waals surface area contributed by atoms with Crippen molar-refractivity contribution < 1.29 is 0 Å². The Morgan fingerprint density at radius 3 is 2.45 bits per heavy atom. The predicted octanol–water partition coefficient (Wildman–Crippen LogP) is 2.03. The summed E-state index contributed by atoms with van der Waals surface area (Å²) in [5.41, 5.74) is 0.122. The lowest BCUT2D eigenvalue weighted by Gasteiger charge is -2.52. The summed E-state index contributed by atoms with van der Waals surface area (Å²) >= 11 is 0. The second kappa shape index (κ2) is 1.43. The first kappa shape index (κ1) is 5.92. The largest absolute Gasteiger partial charge is 0.189 e. The van der Waals surface area contributed by atoms with E-state index in [0.29, 0.717) is 6.04 Å². The molecule has 58 valence electrons. The average Bonchev–Trinajstić information content (AvgIpc) is 2.10. The molecule has 2 unspecified atom stereocenters. The van der Waals surface area contributed by atoms with Gasteiger partial charge in [-0.05, 0) is 19.8 Å². The fourth-order valence-corrected chi connectivity index (χ4v) is 2.71. The molecule has 4 atom stereocenters. The van der Waals surface area contributed by atoms with E-state index < -0.39 is 0 Å². The quantitative estimate of drug-likeness (QED) is 0.469. The van der Waals surface area contributed by atoms with Crippen LogP contribution in [0.3, 0.4) is 0 Å². The average molecular weight is 148 g/mol. The van der Waals surface area contributed by atoms with Gasteiger partial charge in [0.15, 0.2) is 0 Å². The molecule has 1 fully saturated rings. The van der Waals surface area contributed by atoms with Crippen LogP contribution in [-0.2, 0) is 0 Å². The van der Waals surface area contributed by atoms with Crippen molar-refractivity contribution in [3.05, 3.63) is 12.2 Å². The number of hydrogen-bond acceptors (Lipinski definition) is 2. The highest BCUT2D eigenvalue weighted by Gasteiger charge is 2.61. The summed E-state index contributed by atoms with van der Waals surface area (Å²) in [6, 6.07) is 0.542. The Morgan fingerprint density at radius 1 is 1.18 bits per heavy atom. The number of rotatable bonds is 0. The second-order valence-corrected chi connectivity index (χ2v) is 4.43. The highest BCUT2D eigenvalue weighted by atomic mass is 15.2. The first-order chi connectivity index (χ1) is 5.20. The van der Waals surface area contributed by atoms with Gasteiger partial charge < -0.3 is 0 Å². The van der Waals surface area contributed by atoms with Gasteiger partial charge in [-0.1, -0.05) is 12.2 Å². The molecule has 0 amide bonds. The van der Waals surface area contributed by atoms with Gasteiger partial charge in [-0.3, -0.25) is 0 Å². The molecule has 1 saturated carbocycles. The molecule has 0 spiro atoms. The zero-order chi connectivity index (χ0) is 7.64. The third-order valence-electron chi connectivity index (χ3n) is 3.44. The van der Waals surface area contributed by atoms with Crippen molar-refractivity contribution >= 4 is 0 Å². The fraction of sp³-hybridized carbons (Fsp3) is 0.778. The number of fused-ring (bicyclic) bond motifs is 4. The molecule has 0 N–H and O–H groups in total. The van der Waals surface area contributed by atoms with Crippen LogP contribution in [-0.4, -0.2) is 11.6 Å². The first-order valence-corrected chi connectivity index (χ1v) is 4.30. The van der Waals surface area contributed by atoms with Crippen LogP contribution in [0.25, 0.3) is 0 Å². The van der Waals surface area contributed by atoms with Crippen molar-refractivity contribution in [2.45, 2.75) is 25.4 Å². The van der Waals surface area contributed by atoms with Gasteiger partial charge in [0, 0.05) is 11.8 Å². The summed E-state index contributed by atoms with van der Waals surface area (Å²) in [5.74, 6) is 2.29. The standard InChI is InChI=1S/C9H12N2/c1-9(2)7-5-3-4-6(5)8(7)10-11-9/h3-8H,1-2H3/t5-,6+,7?,8?/m0/s1. The van der Waals surface area contributed by atoms with Crippen molar-refractivity contribution in [2.75, 3.05) is 0 Å². The third kappa shape index (κ3) is 0.481. The topological polar surface area (TPSA) is 24.7 Å². The lowest BCUT2D eigenvalue weighted by atomic mass is 9.51. The fourth-order valence-electron chi connectivity index (χ4n) is 2.71. The molecule has 3 rings (SSSR count). The maximum absolute atomic E-state index is 4.32. The van der Waals surface area contributed by atoms with Gasteiger partial charge >= 0.3 is 0 Å². The van der Waals surface area contributed by atoms with Gasteiger partial charge in [0.05, 0.1) is 11.6 Å². The highest BCUT2D eigenvalue weighted by molar-refractivity contribution is 5.29. The Morgan fingerprint density at radius 2 is 1.91 bits per heavy atom. The van der Waals surface area contributed by atoms with E-state index in [1.807, 2.05) is 0 Å². The third-order valence-corrected chi connectivity index (χ3v) is 3.44. The van der Waals surface area contributed by atoms with E-state index in [9.17, 15) is 0 Å². The van der Waals surface area contributed by atoms with Gasteiger partial charge in [-0.2, -0.15) is 10.2 Å². The minimum atomic E-state index is 0.122. The summed E-state index contributed by atoms with van der Waals surface area (Å²) < 4.78 is 0. The molecule has 2 aliphatic carbocycles. The van der Waals surface area contributed by atoms with Crippen molar-refractivity contribution in [3.8, 4) is 0 Å². The van der Waals surface area contributed by atoms with Crippen LogP contribution in [0, 0.1) is 17.8 Å². The number of nitrogens with zero attached hydrogens (tertiary/aromatic N) is 2. The zero-order valence-corrected chi connectivity index (χ0v) is 6.86. The minimum absolute atomic E-state index is 0.122. The first-order valence-electron chi connectivity index (χ1n) is 4.30. The normalized spacial score (nSPS) is 54.4. The molecule has 0 aromatic rings. The predicted molar refractivity (Wildman–Crippen MR) is 42.3 cm³/mol. The molecule has 0 aromatic heterocycles. The summed E-state index contributed by atoms with van der Waals surface area (Å²) in [6.45, 7) is 4.40. The Kier molecular flexibility index (Phi) is 0.768. The zero-order valence-electron chi connectivity index (χ0n) is 6.86. The van der Waals surface area contributed by atoms with Crippen LogP contribution < -0.4 is 0 Å². The Bertz CT molecular complexity index is 265. The van der Waals surface area contributed by atoms with E-state index in [2.05, 4.69) is 36.2 Å². The lowest BCUT2D eigenvalue weighted by Crippen LogP contribution is -2.56. The molecule has 2 nitrogen and oxygen atoms in total. The SMILES string of the molecule is CC1(C)N=NC2C1[C@H]1C=C[C@@H]21. The molecule has 11 heavy (non-hydrogen) atoms. The molecular weight excluding hydrogens is 136 g/mol. The van der Waals surface area contributed by atoms with E-state index in [1.165, 1.54) is 0 Å². The van der Waals surface area contributed by atoms with Crippen LogP contribution in [0.1, 0.15) is 13.8 Å². The Hall–Kier alpha value is -0.660. The summed E-state index contributed by atoms with van der Waals surface area (Å²) in [5, 5.41) is 8.63. The van der Waals surface area contributed by atoms with Gasteiger partial charge in [0.1, 0.15) is 0 Å². The van der Waals surface area contributed by atoms with E-state index >= 15 is 0 Å². The van der Waals surface area contributed by atoms with Gasteiger partial charge in [-0.25, -0.2) is 0 Å². The van der Waals surface area contributed by atoms with E-state index in [-0.39, 0.29) is 5.54 Å². The van der Waals surface area contributed by atoms with E-state index in [0.717, 1.165) is 17.8 Å². The molecular formula is C9H12N2. The Labute approximate surface area is 66.4 Å². The highest BCUT2D eigenvalue weighted by Crippen LogP contribution is 2.58. The van der Waals surface area contributed by atoms with Crippen LogP contribution in [0.4, 0.5) is 0 Å². The van der Waals surface area contributed by atoms with Crippen molar-refractivity contribution in [1.82, 2.24) is 0 Å².